The molecule has 4 rings (SSSR count). The van der Waals surface area contributed by atoms with Gasteiger partial charge in [0.05, 0.1) is 7.11 Å². The molecule has 0 radical (unpaired) electrons. The summed E-state index contributed by atoms with van der Waals surface area (Å²) in [6, 6.07) is 15.2. The molecule has 0 bridgehead atoms. The first-order chi connectivity index (χ1) is 14.2. The highest BCUT2D eigenvalue weighted by Crippen LogP contribution is 2.23. The zero-order valence-electron chi connectivity index (χ0n) is 16.5. The summed E-state index contributed by atoms with van der Waals surface area (Å²) < 4.78 is 10.6. The van der Waals surface area contributed by atoms with Crippen molar-refractivity contribution >= 4 is 5.91 Å². The van der Waals surface area contributed by atoms with E-state index in [4.69, 9.17) is 9.26 Å². The van der Waals surface area contributed by atoms with Crippen LogP contribution in [0.4, 0.5) is 0 Å². The number of benzene rings is 1. The van der Waals surface area contributed by atoms with Gasteiger partial charge in [-0.15, -0.1) is 0 Å². The third kappa shape index (κ3) is 4.63. The average molecular weight is 392 g/mol. The van der Waals surface area contributed by atoms with Crippen molar-refractivity contribution in [2.24, 2.45) is 0 Å². The lowest BCUT2D eigenvalue weighted by molar-refractivity contribution is 0.0628. The van der Waals surface area contributed by atoms with E-state index in [1.54, 1.807) is 13.2 Å². The molecule has 1 aromatic carbocycles. The monoisotopic (exact) mass is 392 g/mol. The van der Waals surface area contributed by atoms with Gasteiger partial charge in [0.25, 0.3) is 5.91 Å². The maximum atomic E-state index is 12.8. The van der Waals surface area contributed by atoms with Crippen molar-refractivity contribution in [3.63, 3.8) is 0 Å². The van der Waals surface area contributed by atoms with Crippen molar-refractivity contribution in [2.75, 3.05) is 39.8 Å². The van der Waals surface area contributed by atoms with E-state index in [-0.39, 0.29) is 5.91 Å². The maximum Gasteiger partial charge on any atom is 0.276 e. The Labute approximate surface area is 169 Å². The van der Waals surface area contributed by atoms with Crippen LogP contribution in [-0.2, 0) is 6.42 Å². The summed E-state index contributed by atoms with van der Waals surface area (Å²) in [5.74, 6) is 1.26. The molecule has 7 heteroatoms. The molecule has 1 aliphatic heterocycles. The number of nitrogens with zero attached hydrogens (tertiary/aromatic N) is 4. The fourth-order valence-electron chi connectivity index (χ4n) is 3.42. The van der Waals surface area contributed by atoms with Crippen molar-refractivity contribution in [1.82, 2.24) is 19.9 Å². The van der Waals surface area contributed by atoms with E-state index >= 15 is 0 Å². The van der Waals surface area contributed by atoms with Crippen LogP contribution < -0.4 is 4.74 Å². The number of ether oxygens (including phenoxy) is 1. The number of rotatable bonds is 6. The molecule has 1 saturated heterocycles. The number of amides is 1. The molecule has 0 unspecified atom stereocenters. The zero-order valence-corrected chi connectivity index (χ0v) is 16.5. The van der Waals surface area contributed by atoms with Gasteiger partial charge >= 0.3 is 0 Å². The standard InChI is InChI=1S/C22H24N4O3/c1-28-19-7-5-17(6-8-19)21-16-20(24-29-21)22(27)26-14-12-25(13-15-26)11-9-18-4-2-3-10-23-18/h2-8,10,16H,9,11-15H2,1H3. The molecule has 1 amide bonds. The third-order valence-corrected chi connectivity index (χ3v) is 5.17. The van der Waals surface area contributed by atoms with Gasteiger partial charge < -0.3 is 14.2 Å². The summed E-state index contributed by atoms with van der Waals surface area (Å²) in [5.41, 5.74) is 2.30. The Morgan fingerprint density at radius 1 is 1.10 bits per heavy atom. The second-order valence-electron chi connectivity index (χ2n) is 7.01. The minimum absolute atomic E-state index is 0.0853. The quantitative estimate of drug-likeness (QED) is 0.642. The fourth-order valence-corrected chi connectivity index (χ4v) is 3.42. The number of hydrogen-bond acceptors (Lipinski definition) is 6. The Kier molecular flexibility index (Phi) is 5.86. The van der Waals surface area contributed by atoms with Crippen molar-refractivity contribution < 1.29 is 14.1 Å². The maximum absolute atomic E-state index is 12.8. The highest BCUT2D eigenvalue weighted by molar-refractivity contribution is 5.93. The highest BCUT2D eigenvalue weighted by atomic mass is 16.5. The molecule has 1 fully saturated rings. The van der Waals surface area contributed by atoms with E-state index < -0.39 is 0 Å². The average Bonchev–Trinajstić information content (AvgIpc) is 3.29. The van der Waals surface area contributed by atoms with Gasteiger partial charge in [-0.05, 0) is 36.4 Å². The van der Waals surface area contributed by atoms with E-state index in [0.717, 1.165) is 43.1 Å². The summed E-state index contributed by atoms with van der Waals surface area (Å²) in [7, 11) is 1.62. The molecule has 3 heterocycles. The molecule has 0 spiro atoms. The van der Waals surface area contributed by atoms with Crippen LogP contribution in [0.2, 0.25) is 0 Å². The van der Waals surface area contributed by atoms with Crippen molar-refractivity contribution in [1.29, 1.82) is 0 Å². The summed E-state index contributed by atoms with van der Waals surface area (Å²) in [6.45, 7) is 4.02. The van der Waals surface area contributed by atoms with Crippen LogP contribution in [0.15, 0.2) is 59.3 Å². The Morgan fingerprint density at radius 2 is 1.90 bits per heavy atom. The second-order valence-corrected chi connectivity index (χ2v) is 7.01. The Hall–Kier alpha value is -3.19. The molecule has 1 aliphatic rings. The van der Waals surface area contributed by atoms with Crippen LogP contribution in [0.25, 0.3) is 11.3 Å². The molecule has 7 nitrogen and oxygen atoms in total. The van der Waals surface area contributed by atoms with Crippen molar-refractivity contribution in [3.05, 3.63) is 66.1 Å². The number of aromatic nitrogens is 2. The summed E-state index contributed by atoms with van der Waals surface area (Å²) in [6.07, 6.45) is 2.74. The molecule has 150 valence electrons. The molecule has 0 atom stereocenters. The van der Waals surface area contributed by atoms with E-state index in [2.05, 4.69) is 15.0 Å². The minimum atomic E-state index is -0.0853. The summed E-state index contributed by atoms with van der Waals surface area (Å²) in [5, 5.41) is 3.99. The van der Waals surface area contributed by atoms with Gasteiger partial charge in [0.15, 0.2) is 11.5 Å². The first kappa shape index (κ1) is 19.1. The smallest absolute Gasteiger partial charge is 0.276 e. The second kappa shape index (κ2) is 8.87. The Balaban J connectivity index is 1.31. The summed E-state index contributed by atoms with van der Waals surface area (Å²) >= 11 is 0. The third-order valence-electron chi connectivity index (χ3n) is 5.17. The first-order valence-electron chi connectivity index (χ1n) is 9.75. The first-order valence-corrected chi connectivity index (χ1v) is 9.75. The van der Waals surface area contributed by atoms with E-state index in [9.17, 15) is 4.79 Å². The van der Waals surface area contributed by atoms with Crippen LogP contribution in [0, 0.1) is 0 Å². The predicted molar refractivity (Wildman–Crippen MR) is 109 cm³/mol. The molecule has 0 aliphatic carbocycles. The minimum Gasteiger partial charge on any atom is -0.497 e. The van der Waals surface area contributed by atoms with Gasteiger partial charge in [-0.3, -0.25) is 14.7 Å². The van der Waals surface area contributed by atoms with Gasteiger partial charge in [0, 0.05) is 62.7 Å². The number of hydrogen-bond donors (Lipinski definition) is 0. The fraction of sp³-hybridized carbons (Fsp3) is 0.318. The predicted octanol–water partition coefficient (Wildman–Crippen LogP) is 2.75. The topological polar surface area (TPSA) is 71.7 Å². The SMILES string of the molecule is COc1ccc(-c2cc(C(=O)N3CCN(CCc4ccccn4)CC3)no2)cc1. The highest BCUT2D eigenvalue weighted by Gasteiger charge is 2.24. The number of piperazine rings is 1. The van der Waals surface area contributed by atoms with Crippen LogP contribution >= 0.6 is 0 Å². The van der Waals surface area contributed by atoms with Crippen molar-refractivity contribution in [2.45, 2.75) is 6.42 Å². The molecule has 0 saturated carbocycles. The molecule has 2 aromatic heterocycles. The lowest BCUT2D eigenvalue weighted by atomic mass is 10.1. The van der Waals surface area contributed by atoms with Gasteiger partial charge in [-0.1, -0.05) is 11.2 Å². The molecular weight excluding hydrogens is 368 g/mol. The number of methoxy groups -OCH3 is 1. The Bertz CT molecular complexity index is 932. The van der Waals surface area contributed by atoms with Crippen LogP contribution in [0.5, 0.6) is 5.75 Å². The molecule has 0 N–H and O–H groups in total. The van der Waals surface area contributed by atoms with Gasteiger partial charge in [0.1, 0.15) is 5.75 Å². The lowest BCUT2D eigenvalue weighted by Crippen LogP contribution is -2.49. The van der Waals surface area contributed by atoms with Gasteiger partial charge in [0.2, 0.25) is 0 Å². The van der Waals surface area contributed by atoms with E-state index in [0.29, 0.717) is 24.5 Å². The molecular formula is C22H24N4O3. The van der Waals surface area contributed by atoms with Gasteiger partial charge in [-0.25, -0.2) is 0 Å². The Morgan fingerprint density at radius 3 is 2.59 bits per heavy atom. The largest absolute Gasteiger partial charge is 0.497 e. The zero-order chi connectivity index (χ0) is 20.1. The van der Waals surface area contributed by atoms with E-state index in [1.807, 2.05) is 53.6 Å². The molecule has 3 aromatic rings. The van der Waals surface area contributed by atoms with Crippen LogP contribution in [0.1, 0.15) is 16.2 Å². The van der Waals surface area contributed by atoms with Crippen LogP contribution in [-0.4, -0.2) is 65.7 Å². The number of carbonyl (C=O) groups excluding carboxylic acids is 1. The molecule has 29 heavy (non-hydrogen) atoms. The summed E-state index contributed by atoms with van der Waals surface area (Å²) in [4.78, 5) is 21.4. The lowest BCUT2D eigenvalue weighted by Gasteiger charge is -2.34. The normalized spacial score (nSPS) is 14.7. The number of carbonyl (C=O) groups is 1. The van der Waals surface area contributed by atoms with Crippen LogP contribution in [0.3, 0.4) is 0 Å². The van der Waals surface area contributed by atoms with Crippen molar-refractivity contribution in [3.8, 4) is 17.1 Å². The van der Waals surface area contributed by atoms with Gasteiger partial charge in [-0.2, -0.15) is 0 Å². The number of pyridine rings is 1. The van der Waals surface area contributed by atoms with E-state index in [1.165, 1.54) is 0 Å².